The molecule has 14 heavy (non-hydrogen) atoms. The van der Waals surface area contributed by atoms with Crippen molar-refractivity contribution in [2.75, 3.05) is 11.6 Å². The third kappa shape index (κ3) is 1.19. The fourth-order valence-electron chi connectivity index (χ4n) is 1.61. The van der Waals surface area contributed by atoms with Gasteiger partial charge in [-0.1, -0.05) is 13.8 Å². The summed E-state index contributed by atoms with van der Waals surface area (Å²) in [6, 6.07) is 5.68. The van der Waals surface area contributed by atoms with Gasteiger partial charge < -0.3 is 11.6 Å². The fraction of sp³-hybridized carbons (Fsp3) is 0.300. The van der Waals surface area contributed by atoms with Crippen LogP contribution in [0.5, 0.6) is 0 Å². The van der Waals surface area contributed by atoms with Crippen molar-refractivity contribution in [3.63, 3.8) is 0 Å². The summed E-state index contributed by atoms with van der Waals surface area (Å²) in [5, 5.41) is 5.35. The van der Waals surface area contributed by atoms with Gasteiger partial charge in [-0.2, -0.15) is 9.89 Å². The van der Waals surface area contributed by atoms with E-state index in [1.807, 2.05) is 18.2 Å². The van der Waals surface area contributed by atoms with Gasteiger partial charge in [-0.3, -0.25) is 0 Å². The zero-order chi connectivity index (χ0) is 10.3. The van der Waals surface area contributed by atoms with Gasteiger partial charge in [-0.25, -0.2) is 0 Å². The third-order valence-electron chi connectivity index (χ3n) is 2.31. The fourth-order valence-corrected chi connectivity index (χ4v) is 1.61. The highest BCUT2D eigenvalue weighted by Crippen LogP contribution is 2.24. The predicted molar refractivity (Wildman–Crippen MR) is 58.4 cm³/mol. The molecule has 2 aromatic rings. The summed E-state index contributed by atoms with van der Waals surface area (Å²) in [5.74, 6) is 6.10. The van der Waals surface area contributed by atoms with E-state index in [1.165, 1.54) is 4.79 Å². The van der Waals surface area contributed by atoms with Crippen molar-refractivity contribution in [2.24, 2.45) is 0 Å². The van der Waals surface area contributed by atoms with Crippen molar-refractivity contribution >= 4 is 16.6 Å². The highest BCUT2D eigenvalue weighted by Gasteiger charge is 2.11. The molecule has 4 N–H and O–H groups in total. The maximum absolute atomic E-state index is 5.73. The first-order valence-electron chi connectivity index (χ1n) is 4.63. The molecule has 4 nitrogen and oxygen atoms in total. The quantitative estimate of drug-likeness (QED) is 0.528. The number of aromatic nitrogens is 2. The van der Waals surface area contributed by atoms with Gasteiger partial charge in [-0.05, 0) is 24.1 Å². The molecule has 1 aromatic heterocycles. The monoisotopic (exact) mass is 190 g/mol. The van der Waals surface area contributed by atoms with Crippen LogP contribution in [0.25, 0.3) is 10.9 Å². The summed E-state index contributed by atoms with van der Waals surface area (Å²) in [5.41, 5.74) is 8.29. The van der Waals surface area contributed by atoms with Crippen LogP contribution in [0.3, 0.4) is 0 Å². The van der Waals surface area contributed by atoms with Gasteiger partial charge in [-0.15, -0.1) is 0 Å². The summed E-state index contributed by atoms with van der Waals surface area (Å²) in [6.07, 6.45) is 0. The average molecular weight is 190 g/mol. The first kappa shape index (κ1) is 8.87. The van der Waals surface area contributed by atoms with Crippen molar-refractivity contribution in [1.82, 2.24) is 9.89 Å². The minimum atomic E-state index is 0.367. The number of benzene rings is 1. The standard InChI is InChI=1S/C10H14N4/c1-6(2)10-8-4-3-7(11)5-9(8)14(12)13-10/h3-6H,11-12H2,1-2H3. The molecule has 1 heterocycles. The van der Waals surface area contributed by atoms with E-state index in [4.69, 9.17) is 11.6 Å². The Hall–Kier alpha value is -1.71. The van der Waals surface area contributed by atoms with Crippen LogP contribution in [-0.2, 0) is 0 Å². The van der Waals surface area contributed by atoms with Crippen LogP contribution >= 0.6 is 0 Å². The maximum atomic E-state index is 5.73. The molecule has 0 radical (unpaired) electrons. The van der Waals surface area contributed by atoms with E-state index in [0.29, 0.717) is 11.6 Å². The van der Waals surface area contributed by atoms with E-state index in [1.54, 1.807) is 0 Å². The number of nitrogens with two attached hydrogens (primary N) is 2. The van der Waals surface area contributed by atoms with E-state index >= 15 is 0 Å². The first-order valence-corrected chi connectivity index (χ1v) is 4.63. The molecule has 0 unspecified atom stereocenters. The Morgan fingerprint density at radius 3 is 2.71 bits per heavy atom. The minimum absolute atomic E-state index is 0.367. The summed E-state index contributed by atoms with van der Waals surface area (Å²) < 4.78 is 0. The number of nitrogens with zero attached hydrogens (tertiary/aromatic N) is 2. The molecule has 0 bridgehead atoms. The second kappa shape index (κ2) is 2.90. The Morgan fingerprint density at radius 2 is 2.07 bits per heavy atom. The minimum Gasteiger partial charge on any atom is -0.399 e. The zero-order valence-electron chi connectivity index (χ0n) is 8.36. The molecule has 74 valence electrons. The van der Waals surface area contributed by atoms with Crippen LogP contribution in [0.4, 0.5) is 5.69 Å². The van der Waals surface area contributed by atoms with Gasteiger partial charge in [0.05, 0.1) is 11.2 Å². The number of nitrogen functional groups attached to an aromatic ring is 2. The van der Waals surface area contributed by atoms with E-state index in [9.17, 15) is 0 Å². The van der Waals surface area contributed by atoms with Gasteiger partial charge in [0.15, 0.2) is 0 Å². The van der Waals surface area contributed by atoms with E-state index in [0.717, 1.165) is 16.6 Å². The Balaban J connectivity index is 2.77. The van der Waals surface area contributed by atoms with Crippen LogP contribution in [0.15, 0.2) is 18.2 Å². The molecule has 0 atom stereocenters. The lowest BCUT2D eigenvalue weighted by atomic mass is 10.1. The molecular weight excluding hydrogens is 176 g/mol. The van der Waals surface area contributed by atoms with Crippen molar-refractivity contribution in [3.8, 4) is 0 Å². The summed E-state index contributed by atoms with van der Waals surface area (Å²) >= 11 is 0. The molecule has 0 amide bonds. The van der Waals surface area contributed by atoms with E-state index in [-0.39, 0.29) is 0 Å². The Labute approximate surface area is 82.5 Å². The van der Waals surface area contributed by atoms with E-state index in [2.05, 4.69) is 18.9 Å². The van der Waals surface area contributed by atoms with Gasteiger partial charge in [0.2, 0.25) is 0 Å². The molecule has 0 saturated heterocycles. The van der Waals surface area contributed by atoms with Crippen LogP contribution in [0.2, 0.25) is 0 Å². The molecule has 0 aliphatic heterocycles. The van der Waals surface area contributed by atoms with Gasteiger partial charge >= 0.3 is 0 Å². The molecule has 0 aliphatic rings. The Kier molecular flexibility index (Phi) is 1.84. The van der Waals surface area contributed by atoms with E-state index < -0.39 is 0 Å². The lowest BCUT2D eigenvalue weighted by Crippen LogP contribution is -2.10. The molecule has 4 heteroatoms. The number of hydrogen-bond acceptors (Lipinski definition) is 3. The van der Waals surface area contributed by atoms with Crippen molar-refractivity contribution < 1.29 is 0 Å². The molecule has 0 aliphatic carbocycles. The topological polar surface area (TPSA) is 69.9 Å². The second-order valence-corrected chi connectivity index (χ2v) is 3.76. The largest absolute Gasteiger partial charge is 0.399 e. The molecule has 0 spiro atoms. The van der Waals surface area contributed by atoms with Gasteiger partial charge in [0.1, 0.15) is 0 Å². The first-order chi connectivity index (χ1) is 6.59. The lowest BCUT2D eigenvalue weighted by Gasteiger charge is -1.99. The van der Waals surface area contributed by atoms with Crippen molar-refractivity contribution in [3.05, 3.63) is 23.9 Å². The number of anilines is 1. The SMILES string of the molecule is CC(C)c1nn(N)c2cc(N)ccc12. The van der Waals surface area contributed by atoms with Crippen LogP contribution in [0, 0.1) is 0 Å². The predicted octanol–water partition coefficient (Wildman–Crippen LogP) is 1.46. The second-order valence-electron chi connectivity index (χ2n) is 3.76. The highest BCUT2D eigenvalue weighted by atomic mass is 15.5. The molecule has 2 rings (SSSR count). The summed E-state index contributed by atoms with van der Waals surface area (Å²) in [6.45, 7) is 4.19. The van der Waals surface area contributed by atoms with Crippen LogP contribution < -0.4 is 11.6 Å². The van der Waals surface area contributed by atoms with Gasteiger partial charge in [0.25, 0.3) is 0 Å². The maximum Gasteiger partial charge on any atom is 0.0939 e. The third-order valence-corrected chi connectivity index (χ3v) is 2.31. The lowest BCUT2D eigenvalue weighted by molar-refractivity contribution is 0.760. The van der Waals surface area contributed by atoms with Gasteiger partial charge in [0, 0.05) is 11.1 Å². The molecule has 0 fully saturated rings. The Morgan fingerprint density at radius 1 is 1.36 bits per heavy atom. The molecule has 0 saturated carbocycles. The highest BCUT2D eigenvalue weighted by molar-refractivity contribution is 5.85. The average Bonchev–Trinajstić information content (AvgIpc) is 2.44. The number of hydrogen-bond donors (Lipinski definition) is 2. The zero-order valence-corrected chi connectivity index (χ0v) is 8.36. The molecule has 1 aromatic carbocycles. The van der Waals surface area contributed by atoms with Crippen LogP contribution in [0.1, 0.15) is 25.5 Å². The summed E-state index contributed by atoms with van der Waals surface area (Å²) in [7, 11) is 0. The normalized spacial score (nSPS) is 11.4. The van der Waals surface area contributed by atoms with Crippen molar-refractivity contribution in [1.29, 1.82) is 0 Å². The Bertz CT molecular complexity index is 470. The van der Waals surface area contributed by atoms with Crippen molar-refractivity contribution in [2.45, 2.75) is 19.8 Å². The number of rotatable bonds is 1. The summed E-state index contributed by atoms with van der Waals surface area (Å²) in [4.78, 5) is 1.39. The smallest absolute Gasteiger partial charge is 0.0939 e. The number of fused-ring (bicyclic) bond motifs is 1. The molecular formula is C10H14N4. The van der Waals surface area contributed by atoms with Crippen LogP contribution in [-0.4, -0.2) is 9.89 Å².